The van der Waals surface area contributed by atoms with Crippen LogP contribution in [0.3, 0.4) is 0 Å². The summed E-state index contributed by atoms with van der Waals surface area (Å²) in [6.45, 7) is 2.64. The number of hydrogen-bond acceptors (Lipinski definition) is 3. The number of likely N-dealkylation sites (tertiary alicyclic amines) is 1. The molecule has 0 radical (unpaired) electrons. The number of urea groups is 1. The molecule has 2 heterocycles. The number of rotatable bonds is 3. The highest BCUT2D eigenvalue weighted by Gasteiger charge is 2.30. The molecule has 1 saturated heterocycles. The number of carbonyl (C=O) groups is 2. The molecule has 6 nitrogen and oxygen atoms in total. The van der Waals surface area contributed by atoms with Gasteiger partial charge in [-0.3, -0.25) is 9.78 Å². The second kappa shape index (κ2) is 6.70. The van der Waals surface area contributed by atoms with Gasteiger partial charge in [0.05, 0.1) is 5.92 Å². The lowest BCUT2D eigenvalue weighted by atomic mass is 10.0. The predicted molar refractivity (Wildman–Crippen MR) is 90.7 cm³/mol. The zero-order chi connectivity index (χ0) is 17.1. The lowest BCUT2D eigenvalue weighted by Crippen LogP contribution is -2.34. The Morgan fingerprint density at radius 2 is 2.12 bits per heavy atom. The van der Waals surface area contributed by atoms with Gasteiger partial charge < -0.3 is 15.3 Å². The molecule has 1 aromatic carbocycles. The number of aromatic nitrogens is 1. The van der Waals surface area contributed by atoms with Crippen LogP contribution in [0.2, 0.25) is 0 Å². The van der Waals surface area contributed by atoms with Crippen molar-refractivity contribution in [2.75, 3.05) is 18.4 Å². The SMILES string of the molecule is Cc1ccc(-c2cccnc2)cc1NC(=O)N1CCC(C(=O)O)C1. The summed E-state index contributed by atoms with van der Waals surface area (Å²) >= 11 is 0. The van der Waals surface area contributed by atoms with E-state index in [1.54, 1.807) is 17.3 Å². The van der Waals surface area contributed by atoms with Crippen molar-refractivity contribution in [3.05, 3.63) is 48.3 Å². The highest BCUT2D eigenvalue weighted by atomic mass is 16.4. The molecule has 0 bridgehead atoms. The van der Waals surface area contributed by atoms with Gasteiger partial charge in [0.15, 0.2) is 0 Å². The van der Waals surface area contributed by atoms with Crippen LogP contribution in [0.1, 0.15) is 12.0 Å². The molecule has 6 heteroatoms. The number of nitrogens with zero attached hydrogens (tertiary/aromatic N) is 2. The maximum atomic E-state index is 12.4. The quantitative estimate of drug-likeness (QED) is 0.909. The number of pyridine rings is 1. The van der Waals surface area contributed by atoms with Gasteiger partial charge in [-0.25, -0.2) is 4.79 Å². The number of carboxylic acid groups (broad SMARTS) is 1. The molecular weight excluding hydrogens is 306 g/mol. The summed E-state index contributed by atoms with van der Waals surface area (Å²) in [4.78, 5) is 29.1. The standard InChI is InChI=1S/C18H19N3O3/c1-12-4-5-13(14-3-2-7-19-10-14)9-16(12)20-18(24)21-8-6-15(11-21)17(22)23/h2-5,7,9-10,15H,6,8,11H2,1H3,(H,20,24)(H,22,23). The number of aliphatic carboxylic acids is 1. The number of benzene rings is 1. The highest BCUT2D eigenvalue weighted by molar-refractivity contribution is 5.91. The molecule has 0 saturated carbocycles. The summed E-state index contributed by atoms with van der Waals surface area (Å²) in [7, 11) is 0. The zero-order valence-corrected chi connectivity index (χ0v) is 13.4. The van der Waals surface area contributed by atoms with E-state index in [4.69, 9.17) is 5.11 Å². The third-order valence-electron chi connectivity index (χ3n) is 4.30. The van der Waals surface area contributed by atoms with Crippen LogP contribution in [0, 0.1) is 12.8 Å². The van der Waals surface area contributed by atoms with Gasteiger partial charge in [0.25, 0.3) is 0 Å². The summed E-state index contributed by atoms with van der Waals surface area (Å²) in [6, 6.07) is 9.41. The van der Waals surface area contributed by atoms with E-state index in [9.17, 15) is 9.59 Å². The lowest BCUT2D eigenvalue weighted by Gasteiger charge is -2.18. The van der Waals surface area contributed by atoms with Crippen LogP contribution in [0.5, 0.6) is 0 Å². The van der Waals surface area contributed by atoms with Gasteiger partial charge in [0.1, 0.15) is 0 Å². The average Bonchev–Trinajstić information content (AvgIpc) is 3.08. The van der Waals surface area contributed by atoms with Gasteiger partial charge in [0, 0.05) is 36.7 Å². The van der Waals surface area contributed by atoms with Gasteiger partial charge in [-0.1, -0.05) is 18.2 Å². The Bertz CT molecular complexity index is 761. The number of amides is 2. The first-order chi connectivity index (χ1) is 11.5. The lowest BCUT2D eigenvalue weighted by molar-refractivity contribution is -0.141. The minimum absolute atomic E-state index is 0.252. The van der Waals surface area contributed by atoms with E-state index in [0.717, 1.165) is 22.4 Å². The Hall–Kier alpha value is -2.89. The second-order valence-corrected chi connectivity index (χ2v) is 5.97. The molecular formula is C18H19N3O3. The molecule has 0 spiro atoms. The maximum Gasteiger partial charge on any atom is 0.321 e. The largest absolute Gasteiger partial charge is 0.481 e. The van der Waals surface area contributed by atoms with E-state index in [0.29, 0.717) is 13.0 Å². The molecule has 124 valence electrons. The van der Waals surface area contributed by atoms with E-state index >= 15 is 0 Å². The fourth-order valence-electron chi connectivity index (χ4n) is 2.81. The van der Waals surface area contributed by atoms with Crippen molar-refractivity contribution in [3.63, 3.8) is 0 Å². The Balaban J connectivity index is 1.75. The smallest absolute Gasteiger partial charge is 0.321 e. The summed E-state index contributed by atoms with van der Waals surface area (Å²) in [5, 5.41) is 11.9. The third-order valence-corrected chi connectivity index (χ3v) is 4.30. The molecule has 1 aromatic heterocycles. The Morgan fingerprint density at radius 1 is 1.29 bits per heavy atom. The molecule has 1 atom stereocenters. The molecule has 1 fully saturated rings. The monoisotopic (exact) mass is 325 g/mol. The van der Waals surface area contributed by atoms with Gasteiger partial charge in [-0.2, -0.15) is 0 Å². The van der Waals surface area contributed by atoms with Crippen LogP contribution in [-0.4, -0.2) is 40.1 Å². The van der Waals surface area contributed by atoms with Crippen molar-refractivity contribution < 1.29 is 14.7 Å². The summed E-state index contributed by atoms with van der Waals surface area (Å²) < 4.78 is 0. The van der Waals surface area contributed by atoms with Crippen molar-refractivity contribution in [1.82, 2.24) is 9.88 Å². The first kappa shape index (κ1) is 16.0. The topological polar surface area (TPSA) is 82.5 Å². The van der Waals surface area contributed by atoms with Crippen LogP contribution in [-0.2, 0) is 4.79 Å². The minimum atomic E-state index is -0.847. The molecule has 2 aromatic rings. The first-order valence-electron chi connectivity index (χ1n) is 7.84. The van der Waals surface area contributed by atoms with Crippen molar-refractivity contribution in [2.45, 2.75) is 13.3 Å². The summed E-state index contributed by atoms with van der Waals surface area (Å²) in [5.74, 6) is -1.32. The molecule has 2 N–H and O–H groups in total. The van der Waals surface area contributed by atoms with Crippen LogP contribution in [0.25, 0.3) is 11.1 Å². The molecule has 1 aliphatic rings. The van der Waals surface area contributed by atoms with Gasteiger partial charge >= 0.3 is 12.0 Å². The van der Waals surface area contributed by atoms with E-state index in [2.05, 4.69) is 10.3 Å². The number of carbonyl (C=O) groups excluding carboxylic acids is 1. The minimum Gasteiger partial charge on any atom is -0.481 e. The molecule has 1 aliphatic heterocycles. The molecule has 3 rings (SSSR count). The zero-order valence-electron chi connectivity index (χ0n) is 13.4. The van der Waals surface area contributed by atoms with Crippen LogP contribution >= 0.6 is 0 Å². The van der Waals surface area contributed by atoms with Crippen molar-refractivity contribution in [3.8, 4) is 11.1 Å². The predicted octanol–water partition coefficient (Wildman–Crippen LogP) is 3.00. The fourth-order valence-corrected chi connectivity index (χ4v) is 2.81. The van der Waals surface area contributed by atoms with Gasteiger partial charge in [-0.05, 0) is 36.6 Å². The van der Waals surface area contributed by atoms with Gasteiger partial charge in [-0.15, -0.1) is 0 Å². The molecule has 0 aliphatic carbocycles. The van der Waals surface area contributed by atoms with Crippen LogP contribution < -0.4 is 5.32 Å². The maximum absolute atomic E-state index is 12.4. The molecule has 1 unspecified atom stereocenters. The first-order valence-corrected chi connectivity index (χ1v) is 7.84. The second-order valence-electron chi connectivity index (χ2n) is 5.97. The summed E-state index contributed by atoms with van der Waals surface area (Å²) in [5.41, 5.74) is 3.61. The third kappa shape index (κ3) is 3.37. The molecule has 2 amide bonds. The Labute approximate surface area is 140 Å². The van der Waals surface area contributed by atoms with Crippen molar-refractivity contribution in [2.24, 2.45) is 5.92 Å². The van der Waals surface area contributed by atoms with Crippen LogP contribution in [0.4, 0.5) is 10.5 Å². The number of nitrogens with one attached hydrogen (secondary N) is 1. The number of aryl methyl sites for hydroxylation is 1. The normalized spacial score (nSPS) is 16.9. The molecule has 24 heavy (non-hydrogen) atoms. The Morgan fingerprint density at radius 3 is 2.79 bits per heavy atom. The Kier molecular flexibility index (Phi) is 4.46. The van der Waals surface area contributed by atoms with E-state index < -0.39 is 11.9 Å². The highest BCUT2D eigenvalue weighted by Crippen LogP contribution is 2.26. The van der Waals surface area contributed by atoms with E-state index in [-0.39, 0.29) is 12.6 Å². The van der Waals surface area contributed by atoms with E-state index in [1.165, 1.54) is 0 Å². The summed E-state index contributed by atoms with van der Waals surface area (Å²) in [6.07, 6.45) is 3.98. The number of anilines is 1. The average molecular weight is 325 g/mol. The fraction of sp³-hybridized carbons (Fsp3) is 0.278. The number of carboxylic acids is 1. The van der Waals surface area contributed by atoms with Crippen LogP contribution in [0.15, 0.2) is 42.7 Å². The van der Waals surface area contributed by atoms with Crippen molar-refractivity contribution in [1.29, 1.82) is 0 Å². The van der Waals surface area contributed by atoms with Gasteiger partial charge in [0.2, 0.25) is 0 Å². The van der Waals surface area contributed by atoms with Crippen molar-refractivity contribution >= 4 is 17.7 Å². The number of hydrogen-bond donors (Lipinski definition) is 2. The van der Waals surface area contributed by atoms with E-state index in [1.807, 2.05) is 37.3 Å².